The molecule has 4 rings (SSSR count). The predicted octanol–water partition coefficient (Wildman–Crippen LogP) is 7.11. The number of esters is 1. The highest BCUT2D eigenvalue weighted by Crippen LogP contribution is 2.36. The third-order valence-electron chi connectivity index (χ3n) is 5.00. The number of carbonyl (C=O) groups excluding carboxylic acids is 3. The number of nitrogens with zero attached hydrogens (tertiary/aromatic N) is 1. The van der Waals surface area contributed by atoms with E-state index in [0.29, 0.717) is 21.2 Å². The monoisotopic (exact) mass is 547 g/mol. The Hall–Kier alpha value is -2.97. The molecule has 0 radical (unpaired) electrons. The molecule has 3 aromatic rings. The van der Waals surface area contributed by atoms with Gasteiger partial charge < -0.3 is 9.47 Å². The van der Waals surface area contributed by atoms with Gasteiger partial charge in [0.2, 0.25) is 0 Å². The molecule has 3 aromatic carbocycles. The van der Waals surface area contributed by atoms with Gasteiger partial charge in [0.15, 0.2) is 11.5 Å². The van der Waals surface area contributed by atoms with Crippen molar-refractivity contribution in [3.8, 4) is 11.5 Å². The highest BCUT2D eigenvalue weighted by molar-refractivity contribution is 8.18. The van der Waals surface area contributed by atoms with Crippen molar-refractivity contribution in [3.05, 3.63) is 97.3 Å². The fourth-order valence-corrected chi connectivity index (χ4v) is 4.77. The van der Waals surface area contributed by atoms with E-state index in [4.69, 9.17) is 44.3 Å². The van der Waals surface area contributed by atoms with Crippen molar-refractivity contribution in [2.45, 2.75) is 6.54 Å². The van der Waals surface area contributed by atoms with Crippen LogP contribution in [0.15, 0.2) is 65.6 Å². The Kier molecular flexibility index (Phi) is 7.72. The molecule has 10 heteroatoms. The smallest absolute Gasteiger partial charge is 0.345 e. The highest BCUT2D eigenvalue weighted by atomic mass is 35.5. The topological polar surface area (TPSA) is 72.9 Å². The molecule has 0 atom stereocenters. The molecule has 6 nitrogen and oxygen atoms in total. The first kappa shape index (κ1) is 25.1. The normalized spacial score (nSPS) is 14.5. The first-order valence-electron chi connectivity index (χ1n) is 10.1. The molecule has 1 aliphatic rings. The molecule has 1 aliphatic heterocycles. The number of rotatable bonds is 6. The maximum Gasteiger partial charge on any atom is 0.345 e. The summed E-state index contributed by atoms with van der Waals surface area (Å²) < 4.78 is 10.8. The van der Waals surface area contributed by atoms with Crippen LogP contribution in [0.2, 0.25) is 15.1 Å². The summed E-state index contributed by atoms with van der Waals surface area (Å²) in [7, 11) is 1.42. The van der Waals surface area contributed by atoms with Crippen molar-refractivity contribution < 1.29 is 23.9 Å². The number of thioether (sulfide) groups is 1. The number of methoxy groups -OCH3 is 1. The lowest BCUT2D eigenvalue weighted by Gasteiger charge is -2.13. The second-order valence-electron chi connectivity index (χ2n) is 7.28. The number of imide groups is 1. The Morgan fingerprint density at radius 1 is 0.971 bits per heavy atom. The van der Waals surface area contributed by atoms with Crippen molar-refractivity contribution in [2.24, 2.45) is 0 Å². The van der Waals surface area contributed by atoms with Crippen LogP contribution in [0.25, 0.3) is 6.08 Å². The van der Waals surface area contributed by atoms with Crippen molar-refractivity contribution in [3.63, 3.8) is 0 Å². The van der Waals surface area contributed by atoms with Crippen LogP contribution in [0.3, 0.4) is 0 Å². The third-order valence-corrected chi connectivity index (χ3v) is 6.82. The molecule has 0 saturated carbocycles. The summed E-state index contributed by atoms with van der Waals surface area (Å²) in [5.41, 5.74) is 1.40. The molecular weight excluding hydrogens is 533 g/mol. The van der Waals surface area contributed by atoms with Crippen LogP contribution in [-0.4, -0.2) is 29.1 Å². The zero-order valence-corrected chi connectivity index (χ0v) is 21.2. The number of benzene rings is 3. The summed E-state index contributed by atoms with van der Waals surface area (Å²) in [5, 5.41) is 0.638. The number of amides is 2. The van der Waals surface area contributed by atoms with E-state index in [1.807, 2.05) is 0 Å². The van der Waals surface area contributed by atoms with E-state index >= 15 is 0 Å². The summed E-state index contributed by atoms with van der Waals surface area (Å²) in [6.07, 6.45) is 1.57. The number of carbonyl (C=O) groups is 3. The molecule has 0 bridgehead atoms. The van der Waals surface area contributed by atoms with Crippen molar-refractivity contribution >= 4 is 69.8 Å². The lowest BCUT2D eigenvalue weighted by Crippen LogP contribution is -2.27. The van der Waals surface area contributed by atoms with Gasteiger partial charge in [-0.2, -0.15) is 0 Å². The number of hydrogen-bond donors (Lipinski definition) is 0. The van der Waals surface area contributed by atoms with Gasteiger partial charge in [-0.1, -0.05) is 59.1 Å². The Bertz CT molecular complexity index is 1370. The van der Waals surface area contributed by atoms with Gasteiger partial charge in [0.05, 0.1) is 29.1 Å². The standard InChI is InChI=1S/C25H16Cl3NO5S/c1-33-21-10-14(6-9-20(21)34-24(31)17-8-7-16(26)12-19(17)28)11-22-23(30)29(25(32)35-22)13-15-4-2-3-5-18(15)27/h2-12H,13H2,1H3/b22-11-. The first-order valence-corrected chi connectivity index (χ1v) is 12.1. The Morgan fingerprint density at radius 2 is 1.74 bits per heavy atom. The zero-order chi connectivity index (χ0) is 25.1. The Balaban J connectivity index is 1.53. The van der Waals surface area contributed by atoms with Gasteiger partial charge in [-0.3, -0.25) is 14.5 Å². The minimum absolute atomic E-state index is 0.0765. The molecule has 1 saturated heterocycles. The van der Waals surface area contributed by atoms with E-state index < -0.39 is 17.1 Å². The van der Waals surface area contributed by atoms with E-state index in [1.54, 1.807) is 42.5 Å². The van der Waals surface area contributed by atoms with Crippen LogP contribution in [-0.2, 0) is 11.3 Å². The quantitative estimate of drug-likeness (QED) is 0.186. The van der Waals surface area contributed by atoms with Gasteiger partial charge in [-0.25, -0.2) is 4.79 Å². The van der Waals surface area contributed by atoms with Crippen molar-refractivity contribution in [1.82, 2.24) is 4.90 Å². The van der Waals surface area contributed by atoms with Gasteiger partial charge >= 0.3 is 5.97 Å². The molecule has 0 unspecified atom stereocenters. The molecular formula is C25H16Cl3NO5S. The molecule has 0 aliphatic carbocycles. The SMILES string of the molecule is COc1cc(/C=C2\SC(=O)N(Cc3ccccc3Cl)C2=O)ccc1OC(=O)c1ccc(Cl)cc1Cl. The van der Waals surface area contributed by atoms with E-state index in [0.717, 1.165) is 16.7 Å². The lowest BCUT2D eigenvalue weighted by atomic mass is 10.1. The summed E-state index contributed by atoms with van der Waals surface area (Å²) in [6.45, 7) is 0.0765. The summed E-state index contributed by atoms with van der Waals surface area (Å²) in [4.78, 5) is 39.3. The van der Waals surface area contributed by atoms with Gasteiger partial charge in [0.25, 0.3) is 11.1 Å². The molecule has 178 valence electrons. The van der Waals surface area contributed by atoms with Crippen LogP contribution in [0, 0.1) is 0 Å². The largest absolute Gasteiger partial charge is 0.493 e. The van der Waals surface area contributed by atoms with E-state index in [9.17, 15) is 14.4 Å². The van der Waals surface area contributed by atoms with Gasteiger partial charge in [0.1, 0.15) is 0 Å². The van der Waals surface area contributed by atoms with Crippen molar-refractivity contribution in [1.29, 1.82) is 0 Å². The maximum absolute atomic E-state index is 12.9. The average molecular weight is 549 g/mol. The van der Waals surface area contributed by atoms with Crippen LogP contribution < -0.4 is 9.47 Å². The van der Waals surface area contributed by atoms with Crippen LogP contribution >= 0.6 is 46.6 Å². The minimum atomic E-state index is -0.682. The van der Waals surface area contributed by atoms with E-state index in [2.05, 4.69) is 0 Å². The van der Waals surface area contributed by atoms with Crippen molar-refractivity contribution in [2.75, 3.05) is 7.11 Å². The summed E-state index contributed by atoms with van der Waals surface area (Å²) >= 11 is 19.0. The molecule has 0 spiro atoms. The molecule has 1 fully saturated rings. The lowest BCUT2D eigenvalue weighted by molar-refractivity contribution is -0.123. The zero-order valence-electron chi connectivity index (χ0n) is 18.1. The minimum Gasteiger partial charge on any atom is -0.493 e. The van der Waals surface area contributed by atoms with Gasteiger partial charge in [0, 0.05) is 10.0 Å². The first-order chi connectivity index (χ1) is 16.8. The van der Waals surface area contributed by atoms with Crippen LogP contribution in [0.4, 0.5) is 4.79 Å². The summed E-state index contributed by atoms with van der Waals surface area (Å²) in [6, 6.07) is 16.2. The van der Waals surface area contributed by atoms with E-state index in [-0.39, 0.29) is 33.5 Å². The highest BCUT2D eigenvalue weighted by Gasteiger charge is 2.35. The molecule has 2 amide bonds. The number of halogens is 3. The van der Waals surface area contributed by atoms with Gasteiger partial charge in [-0.05, 0) is 65.4 Å². The Morgan fingerprint density at radius 3 is 2.46 bits per heavy atom. The average Bonchev–Trinajstić information content (AvgIpc) is 3.08. The molecule has 35 heavy (non-hydrogen) atoms. The Labute approximate surface area is 220 Å². The molecule has 0 aromatic heterocycles. The number of ether oxygens (including phenoxy) is 2. The van der Waals surface area contributed by atoms with E-state index in [1.165, 1.54) is 31.4 Å². The predicted molar refractivity (Wildman–Crippen MR) is 137 cm³/mol. The molecule has 1 heterocycles. The van der Waals surface area contributed by atoms with Crippen LogP contribution in [0.5, 0.6) is 11.5 Å². The second-order valence-corrected chi connectivity index (χ2v) is 9.53. The maximum atomic E-state index is 12.9. The van der Waals surface area contributed by atoms with Gasteiger partial charge in [-0.15, -0.1) is 0 Å². The molecule has 0 N–H and O–H groups in total. The third kappa shape index (κ3) is 5.65. The fourth-order valence-electron chi connectivity index (χ4n) is 3.25. The fraction of sp³-hybridized carbons (Fsp3) is 0.0800. The number of hydrogen-bond acceptors (Lipinski definition) is 6. The summed E-state index contributed by atoms with van der Waals surface area (Å²) in [5.74, 6) is -0.690. The van der Waals surface area contributed by atoms with Crippen LogP contribution in [0.1, 0.15) is 21.5 Å². The second kappa shape index (κ2) is 10.7.